The van der Waals surface area contributed by atoms with Crippen molar-refractivity contribution in [2.75, 3.05) is 0 Å². The van der Waals surface area contributed by atoms with E-state index in [-0.39, 0.29) is 0 Å². The fourth-order valence-corrected chi connectivity index (χ4v) is 2.21. The molecule has 0 radical (unpaired) electrons. The lowest BCUT2D eigenvalue weighted by Crippen LogP contribution is -2.34. The van der Waals surface area contributed by atoms with Gasteiger partial charge < -0.3 is 4.74 Å². The van der Waals surface area contributed by atoms with Gasteiger partial charge in [0.25, 0.3) is 0 Å². The molecule has 0 unspecified atom stereocenters. The zero-order valence-electron chi connectivity index (χ0n) is 9.08. The molecule has 2 rings (SSSR count). The summed E-state index contributed by atoms with van der Waals surface area (Å²) in [6, 6.07) is 8.42. The van der Waals surface area contributed by atoms with Gasteiger partial charge in [0.2, 0.25) is 0 Å². The molecule has 0 spiro atoms. The first-order chi connectivity index (χ1) is 7.28. The van der Waals surface area contributed by atoms with E-state index in [1.54, 1.807) is 0 Å². The molecule has 1 aliphatic rings. The fraction of sp³-hybridized carbons (Fsp3) is 0.538. The van der Waals surface area contributed by atoms with E-state index in [2.05, 4.69) is 31.2 Å². The number of rotatable bonds is 4. The van der Waals surface area contributed by atoms with Gasteiger partial charge >= 0.3 is 0 Å². The largest absolute Gasteiger partial charge is 0.490 e. The minimum atomic E-state index is 0.328. The van der Waals surface area contributed by atoms with Crippen LogP contribution in [0, 0.1) is 0 Å². The fourth-order valence-electron chi connectivity index (χ4n) is 1.81. The van der Waals surface area contributed by atoms with Crippen LogP contribution in [0.3, 0.4) is 0 Å². The Morgan fingerprint density at radius 2 is 1.93 bits per heavy atom. The summed E-state index contributed by atoms with van der Waals surface area (Å²) in [4.78, 5) is 0. The number of benzene rings is 1. The van der Waals surface area contributed by atoms with E-state index in [1.165, 1.54) is 12.0 Å². The summed E-state index contributed by atoms with van der Waals surface area (Å²) < 4.78 is 5.77. The molecule has 0 atom stereocenters. The molecule has 1 saturated carbocycles. The monoisotopic (exact) mass is 224 g/mol. The van der Waals surface area contributed by atoms with Crippen LogP contribution < -0.4 is 4.74 Å². The van der Waals surface area contributed by atoms with E-state index in [9.17, 15) is 0 Å². The van der Waals surface area contributed by atoms with E-state index in [0.717, 1.165) is 25.0 Å². The molecule has 0 bridgehead atoms. The normalized spacial score (nSPS) is 24.7. The van der Waals surface area contributed by atoms with Gasteiger partial charge in [-0.15, -0.1) is 11.6 Å². The highest BCUT2D eigenvalue weighted by Gasteiger charge is 2.28. The number of alkyl halides is 1. The van der Waals surface area contributed by atoms with Gasteiger partial charge in [-0.2, -0.15) is 0 Å². The molecule has 1 aromatic rings. The van der Waals surface area contributed by atoms with Crippen molar-refractivity contribution in [3.05, 3.63) is 29.8 Å². The van der Waals surface area contributed by atoms with Gasteiger partial charge in [-0.05, 0) is 24.1 Å². The molecule has 1 aliphatic carbocycles. The Hall–Kier alpha value is -0.690. The Morgan fingerprint density at radius 1 is 1.27 bits per heavy atom. The molecule has 15 heavy (non-hydrogen) atoms. The quantitative estimate of drug-likeness (QED) is 0.708. The highest BCUT2D eigenvalue weighted by atomic mass is 35.5. The topological polar surface area (TPSA) is 9.23 Å². The van der Waals surface area contributed by atoms with Gasteiger partial charge in [-0.25, -0.2) is 0 Å². The van der Waals surface area contributed by atoms with Gasteiger partial charge in [0, 0.05) is 18.2 Å². The third kappa shape index (κ3) is 2.88. The minimum Gasteiger partial charge on any atom is -0.490 e. The van der Waals surface area contributed by atoms with Crippen LogP contribution in [-0.2, 0) is 6.42 Å². The van der Waals surface area contributed by atoms with Crippen molar-refractivity contribution >= 4 is 11.6 Å². The molecule has 0 N–H and O–H groups in total. The lowest BCUT2D eigenvalue weighted by molar-refractivity contribution is 0.124. The van der Waals surface area contributed by atoms with Crippen LogP contribution in [0.4, 0.5) is 0 Å². The first kappa shape index (κ1) is 10.8. The molecule has 0 aromatic heterocycles. The maximum absolute atomic E-state index is 5.90. The van der Waals surface area contributed by atoms with Crippen molar-refractivity contribution < 1.29 is 4.74 Å². The van der Waals surface area contributed by atoms with Gasteiger partial charge in [-0.3, -0.25) is 0 Å². The van der Waals surface area contributed by atoms with Crippen LogP contribution in [0.15, 0.2) is 24.3 Å². The van der Waals surface area contributed by atoms with E-state index in [4.69, 9.17) is 16.3 Å². The van der Waals surface area contributed by atoms with E-state index < -0.39 is 0 Å². The van der Waals surface area contributed by atoms with Crippen molar-refractivity contribution in [2.45, 2.75) is 44.1 Å². The van der Waals surface area contributed by atoms with Gasteiger partial charge in [0.05, 0.1) is 0 Å². The predicted octanol–water partition coefficient (Wildman–Crippen LogP) is 3.79. The van der Waals surface area contributed by atoms with Gasteiger partial charge in [0.1, 0.15) is 11.9 Å². The molecule has 1 fully saturated rings. The second-order valence-corrected chi connectivity index (χ2v) is 4.82. The van der Waals surface area contributed by atoms with Crippen molar-refractivity contribution in [3.8, 4) is 5.75 Å². The van der Waals surface area contributed by atoms with Crippen LogP contribution >= 0.6 is 11.6 Å². The summed E-state index contributed by atoms with van der Waals surface area (Å²) in [5, 5.41) is 0.328. The maximum atomic E-state index is 5.90. The maximum Gasteiger partial charge on any atom is 0.119 e. The van der Waals surface area contributed by atoms with Crippen LogP contribution in [0.25, 0.3) is 0 Å². The number of ether oxygens (including phenoxy) is 1. The third-order valence-corrected chi connectivity index (χ3v) is 3.16. The van der Waals surface area contributed by atoms with E-state index in [0.29, 0.717) is 11.5 Å². The molecule has 0 heterocycles. The molecular formula is C13H17ClO. The molecule has 1 nitrogen and oxygen atoms in total. The lowest BCUT2D eigenvalue weighted by atomic mass is 9.95. The Morgan fingerprint density at radius 3 is 2.47 bits per heavy atom. The molecule has 0 amide bonds. The summed E-state index contributed by atoms with van der Waals surface area (Å²) in [5.41, 5.74) is 1.38. The van der Waals surface area contributed by atoms with E-state index >= 15 is 0 Å². The van der Waals surface area contributed by atoms with Crippen LogP contribution in [0.5, 0.6) is 5.75 Å². The third-order valence-electron chi connectivity index (χ3n) is 2.80. The van der Waals surface area contributed by atoms with Crippen LogP contribution in [0.2, 0.25) is 0 Å². The Balaban J connectivity index is 1.87. The summed E-state index contributed by atoms with van der Waals surface area (Å²) >= 11 is 5.90. The van der Waals surface area contributed by atoms with E-state index in [1.807, 2.05) is 0 Å². The first-order valence-corrected chi connectivity index (χ1v) is 6.11. The van der Waals surface area contributed by atoms with Crippen molar-refractivity contribution in [3.63, 3.8) is 0 Å². The highest BCUT2D eigenvalue weighted by Crippen LogP contribution is 2.29. The summed E-state index contributed by atoms with van der Waals surface area (Å²) in [6.07, 6.45) is 4.64. The van der Waals surface area contributed by atoms with Crippen molar-refractivity contribution in [1.82, 2.24) is 0 Å². The van der Waals surface area contributed by atoms with Crippen molar-refractivity contribution in [2.24, 2.45) is 0 Å². The Labute approximate surface area is 96.4 Å². The number of hydrogen-bond donors (Lipinski definition) is 0. The molecule has 0 saturated heterocycles. The first-order valence-electron chi connectivity index (χ1n) is 5.67. The molecule has 82 valence electrons. The number of aryl methyl sites for hydroxylation is 1. The van der Waals surface area contributed by atoms with Crippen molar-refractivity contribution in [1.29, 1.82) is 0 Å². The van der Waals surface area contributed by atoms with Gasteiger partial charge in [-0.1, -0.05) is 25.5 Å². The van der Waals surface area contributed by atoms with Gasteiger partial charge in [0.15, 0.2) is 0 Å². The number of halogens is 1. The summed E-state index contributed by atoms with van der Waals surface area (Å²) in [6.45, 7) is 2.19. The average molecular weight is 225 g/mol. The average Bonchev–Trinajstić information content (AvgIpc) is 2.19. The standard InChI is InChI=1S/C13H17ClO/c1-2-3-10-4-6-12(7-5-10)15-13-8-11(14)9-13/h4-7,11,13H,2-3,8-9H2,1H3. The Bertz CT molecular complexity index is 301. The lowest BCUT2D eigenvalue weighted by Gasteiger charge is -2.31. The zero-order valence-corrected chi connectivity index (χ0v) is 9.83. The molecular weight excluding hydrogens is 208 g/mol. The number of hydrogen-bond acceptors (Lipinski definition) is 1. The van der Waals surface area contributed by atoms with Crippen LogP contribution in [-0.4, -0.2) is 11.5 Å². The molecule has 2 heteroatoms. The molecule has 1 aromatic carbocycles. The minimum absolute atomic E-state index is 0.328. The Kier molecular flexibility index (Phi) is 3.53. The van der Waals surface area contributed by atoms with Crippen LogP contribution in [0.1, 0.15) is 31.7 Å². The predicted molar refractivity (Wildman–Crippen MR) is 63.7 cm³/mol. The smallest absolute Gasteiger partial charge is 0.119 e. The zero-order chi connectivity index (χ0) is 10.7. The second kappa shape index (κ2) is 4.89. The second-order valence-electron chi connectivity index (χ2n) is 4.20. The molecule has 0 aliphatic heterocycles. The summed E-state index contributed by atoms with van der Waals surface area (Å²) in [7, 11) is 0. The SMILES string of the molecule is CCCc1ccc(OC2CC(Cl)C2)cc1. The highest BCUT2D eigenvalue weighted by molar-refractivity contribution is 6.21. The summed E-state index contributed by atoms with van der Waals surface area (Å²) in [5.74, 6) is 0.975.